The van der Waals surface area contributed by atoms with Crippen LogP contribution < -0.4 is 17.2 Å². The average molecular weight is 463 g/mol. The molecule has 0 aliphatic rings. The molecule has 0 fully saturated rings. The summed E-state index contributed by atoms with van der Waals surface area (Å²) in [6, 6.07) is 15.8. The van der Waals surface area contributed by atoms with Crippen molar-refractivity contribution in [2.24, 2.45) is 22.6 Å². The van der Waals surface area contributed by atoms with E-state index in [1.54, 1.807) is 17.8 Å². The number of rotatable bonds is 8. The molecular weight excluding hydrogens is 428 g/mol. The molecule has 3 aromatic rings. The summed E-state index contributed by atoms with van der Waals surface area (Å²) in [4.78, 5) is 17.8. The summed E-state index contributed by atoms with van der Waals surface area (Å²) in [6.45, 7) is 9.60. The fourth-order valence-corrected chi connectivity index (χ4v) is 5.14. The molecule has 0 saturated carbocycles. The van der Waals surface area contributed by atoms with Crippen LogP contribution in [0, 0.1) is 12.3 Å². The van der Waals surface area contributed by atoms with E-state index in [-0.39, 0.29) is 5.41 Å². The molecule has 0 saturated heterocycles. The van der Waals surface area contributed by atoms with Gasteiger partial charge in [0.15, 0.2) is 0 Å². The van der Waals surface area contributed by atoms with Crippen LogP contribution in [0.1, 0.15) is 59.2 Å². The third-order valence-corrected chi connectivity index (χ3v) is 6.70. The predicted molar refractivity (Wildman–Crippen MR) is 138 cm³/mol. The Morgan fingerprint density at radius 3 is 2.21 bits per heavy atom. The highest BCUT2D eigenvalue weighted by Crippen LogP contribution is 2.37. The lowest BCUT2D eigenvalue weighted by Crippen LogP contribution is -2.17. The highest BCUT2D eigenvalue weighted by Gasteiger charge is 2.22. The number of thioether (sulfide) groups is 1. The number of aromatic nitrogens is 1. The molecule has 0 spiro atoms. The van der Waals surface area contributed by atoms with Crippen LogP contribution in [-0.4, -0.2) is 10.9 Å². The lowest BCUT2D eigenvalue weighted by Gasteiger charge is -2.24. The van der Waals surface area contributed by atoms with E-state index in [0.29, 0.717) is 24.4 Å². The van der Waals surface area contributed by atoms with Crippen LogP contribution in [-0.2, 0) is 25.3 Å². The minimum absolute atomic E-state index is 0.0841. The largest absolute Gasteiger partial charge is 0.366 e. The first-order chi connectivity index (χ1) is 15.6. The van der Waals surface area contributed by atoms with Crippen molar-refractivity contribution in [3.05, 3.63) is 82.2 Å². The lowest BCUT2D eigenvalue weighted by atomic mass is 9.85. The number of benzene rings is 2. The van der Waals surface area contributed by atoms with Gasteiger partial charge in [-0.2, -0.15) is 0 Å². The van der Waals surface area contributed by atoms with Crippen molar-refractivity contribution in [1.29, 1.82) is 0 Å². The summed E-state index contributed by atoms with van der Waals surface area (Å²) in [5.41, 5.74) is 25.9. The standard InChI is InChI=1S/C27H34N4OS/c1-17-22(16-33-24-8-6-5-7-20(24)26(30)32)25(19-11-9-18(14-28)10-12-19)21(15-29)23(31-17)13-27(2,3)4/h5-12H,13-16,28-29H2,1-4H3,(H2,30,32). The van der Waals surface area contributed by atoms with Gasteiger partial charge in [-0.15, -0.1) is 11.8 Å². The fraction of sp³-hybridized carbons (Fsp3) is 0.333. The predicted octanol–water partition coefficient (Wildman–Crippen LogP) is 4.95. The Morgan fingerprint density at radius 1 is 0.970 bits per heavy atom. The molecule has 0 atom stereocenters. The molecule has 0 radical (unpaired) electrons. The van der Waals surface area contributed by atoms with Crippen molar-refractivity contribution >= 4 is 17.7 Å². The van der Waals surface area contributed by atoms with Crippen molar-refractivity contribution in [3.63, 3.8) is 0 Å². The molecule has 6 heteroatoms. The first kappa shape index (κ1) is 25.0. The minimum atomic E-state index is -0.422. The van der Waals surface area contributed by atoms with E-state index in [0.717, 1.165) is 50.5 Å². The molecule has 6 N–H and O–H groups in total. The van der Waals surface area contributed by atoms with E-state index in [1.807, 2.05) is 18.2 Å². The maximum atomic E-state index is 11.9. The van der Waals surface area contributed by atoms with Gasteiger partial charge >= 0.3 is 0 Å². The second-order valence-corrected chi connectivity index (χ2v) is 10.5. The number of aryl methyl sites for hydroxylation is 1. The average Bonchev–Trinajstić information content (AvgIpc) is 2.77. The van der Waals surface area contributed by atoms with Gasteiger partial charge in [0.1, 0.15) is 0 Å². The van der Waals surface area contributed by atoms with Gasteiger partial charge in [0.25, 0.3) is 0 Å². The Morgan fingerprint density at radius 2 is 1.64 bits per heavy atom. The van der Waals surface area contributed by atoms with Gasteiger partial charge in [-0.3, -0.25) is 9.78 Å². The Hall–Kier alpha value is -2.67. The number of carbonyl (C=O) groups excluding carboxylic acids is 1. The topological polar surface area (TPSA) is 108 Å². The van der Waals surface area contributed by atoms with Crippen LogP contribution in [0.15, 0.2) is 53.4 Å². The van der Waals surface area contributed by atoms with E-state index in [4.69, 9.17) is 22.2 Å². The zero-order chi connectivity index (χ0) is 24.2. The van der Waals surface area contributed by atoms with Gasteiger partial charge in [0.05, 0.1) is 5.56 Å². The van der Waals surface area contributed by atoms with Gasteiger partial charge in [-0.05, 0) is 58.7 Å². The van der Waals surface area contributed by atoms with Gasteiger partial charge in [-0.25, -0.2) is 0 Å². The van der Waals surface area contributed by atoms with E-state index in [1.165, 1.54) is 0 Å². The van der Waals surface area contributed by atoms with Crippen LogP contribution in [0.25, 0.3) is 11.1 Å². The Labute approximate surface area is 201 Å². The number of pyridine rings is 1. The molecule has 174 valence electrons. The SMILES string of the molecule is Cc1nc(CC(C)(C)C)c(CN)c(-c2ccc(CN)cc2)c1CSc1ccccc1C(N)=O. The summed E-state index contributed by atoms with van der Waals surface area (Å²) in [7, 11) is 0. The summed E-state index contributed by atoms with van der Waals surface area (Å²) in [6.07, 6.45) is 0.839. The summed E-state index contributed by atoms with van der Waals surface area (Å²) >= 11 is 1.60. The Bertz CT molecular complexity index is 1130. The summed E-state index contributed by atoms with van der Waals surface area (Å²) in [5, 5.41) is 0. The molecule has 1 amide bonds. The van der Waals surface area contributed by atoms with Crippen molar-refractivity contribution in [2.75, 3.05) is 0 Å². The molecular formula is C27H34N4OS. The molecule has 0 unspecified atom stereocenters. The molecule has 3 rings (SSSR count). The molecule has 5 nitrogen and oxygen atoms in total. The summed E-state index contributed by atoms with van der Waals surface area (Å²) in [5.74, 6) is 0.230. The number of nitrogens with two attached hydrogens (primary N) is 3. The number of carbonyl (C=O) groups is 1. The molecule has 1 aromatic heterocycles. The first-order valence-electron chi connectivity index (χ1n) is 11.2. The number of hydrogen-bond acceptors (Lipinski definition) is 5. The number of nitrogens with zero attached hydrogens (tertiary/aromatic N) is 1. The Kier molecular flexibility index (Phi) is 7.95. The number of primary amides is 1. The van der Waals surface area contributed by atoms with Gasteiger partial charge in [0, 0.05) is 35.1 Å². The van der Waals surface area contributed by atoms with E-state index in [2.05, 4.69) is 52.0 Å². The van der Waals surface area contributed by atoms with E-state index in [9.17, 15) is 4.79 Å². The van der Waals surface area contributed by atoms with E-state index < -0.39 is 5.91 Å². The normalized spacial score (nSPS) is 11.6. The van der Waals surface area contributed by atoms with Gasteiger partial charge in [0.2, 0.25) is 5.91 Å². The molecule has 2 aromatic carbocycles. The van der Waals surface area contributed by atoms with Crippen LogP contribution >= 0.6 is 11.8 Å². The zero-order valence-electron chi connectivity index (χ0n) is 19.9. The quantitative estimate of drug-likeness (QED) is 0.410. The highest BCUT2D eigenvalue weighted by molar-refractivity contribution is 7.98. The van der Waals surface area contributed by atoms with Gasteiger partial charge in [-0.1, -0.05) is 57.2 Å². The van der Waals surface area contributed by atoms with Crippen LogP contribution in [0.3, 0.4) is 0 Å². The van der Waals surface area contributed by atoms with Crippen LogP contribution in [0.5, 0.6) is 0 Å². The minimum Gasteiger partial charge on any atom is -0.366 e. The Balaban J connectivity index is 2.14. The number of amides is 1. The highest BCUT2D eigenvalue weighted by atomic mass is 32.2. The second kappa shape index (κ2) is 10.5. The molecule has 1 heterocycles. The molecule has 0 bridgehead atoms. The summed E-state index contributed by atoms with van der Waals surface area (Å²) < 4.78 is 0. The maximum Gasteiger partial charge on any atom is 0.249 e. The molecule has 0 aliphatic heterocycles. The molecule has 33 heavy (non-hydrogen) atoms. The van der Waals surface area contributed by atoms with Crippen LogP contribution in [0.2, 0.25) is 0 Å². The van der Waals surface area contributed by atoms with Crippen molar-refractivity contribution in [1.82, 2.24) is 4.98 Å². The molecule has 0 aliphatic carbocycles. The second-order valence-electron chi connectivity index (χ2n) is 9.47. The maximum absolute atomic E-state index is 11.9. The smallest absolute Gasteiger partial charge is 0.249 e. The first-order valence-corrected chi connectivity index (χ1v) is 12.2. The third kappa shape index (κ3) is 6.02. The van der Waals surface area contributed by atoms with Crippen molar-refractivity contribution in [2.45, 2.75) is 57.9 Å². The van der Waals surface area contributed by atoms with Crippen LogP contribution in [0.4, 0.5) is 0 Å². The fourth-order valence-electron chi connectivity index (χ4n) is 3.99. The van der Waals surface area contributed by atoms with Crippen molar-refractivity contribution < 1.29 is 4.79 Å². The monoisotopic (exact) mass is 462 g/mol. The number of hydrogen-bond donors (Lipinski definition) is 3. The third-order valence-electron chi connectivity index (χ3n) is 5.60. The van der Waals surface area contributed by atoms with E-state index >= 15 is 0 Å². The van der Waals surface area contributed by atoms with Crippen molar-refractivity contribution in [3.8, 4) is 11.1 Å². The lowest BCUT2D eigenvalue weighted by molar-refractivity contribution is 0.0997. The van der Waals surface area contributed by atoms with Gasteiger partial charge < -0.3 is 17.2 Å². The zero-order valence-corrected chi connectivity index (χ0v) is 20.8.